The lowest BCUT2D eigenvalue weighted by atomic mass is 9.99. The van der Waals surface area contributed by atoms with E-state index in [-0.39, 0.29) is 6.54 Å². The van der Waals surface area contributed by atoms with Gasteiger partial charge in [-0.15, -0.1) is 0 Å². The molecule has 0 aliphatic rings. The molecule has 1 heterocycles. The first-order chi connectivity index (χ1) is 13.3. The van der Waals surface area contributed by atoms with Gasteiger partial charge in [0.25, 0.3) is 5.91 Å². The van der Waals surface area contributed by atoms with Gasteiger partial charge >= 0.3 is 6.03 Å². The number of primary amides is 1. The summed E-state index contributed by atoms with van der Waals surface area (Å²) in [4.78, 5) is 25.1. The highest BCUT2D eigenvalue weighted by Gasteiger charge is 2.25. The zero-order valence-electron chi connectivity index (χ0n) is 14.6. The molecule has 0 fully saturated rings. The first kappa shape index (κ1) is 21.9. The second-order valence-electron chi connectivity index (χ2n) is 5.89. The van der Waals surface area contributed by atoms with Crippen molar-refractivity contribution in [2.75, 3.05) is 6.67 Å². The lowest BCUT2D eigenvalue weighted by molar-refractivity contribution is -0.121. The average Bonchev–Trinajstić information content (AvgIpc) is 2.70. The number of benzene rings is 1. The number of aliphatic hydroxyl groups excluding tert-OH is 1. The van der Waals surface area contributed by atoms with Gasteiger partial charge in [0, 0.05) is 11.8 Å². The van der Waals surface area contributed by atoms with Crippen LogP contribution in [0.5, 0.6) is 0 Å². The summed E-state index contributed by atoms with van der Waals surface area (Å²) in [6, 6.07) is 8.48. The van der Waals surface area contributed by atoms with E-state index >= 15 is 0 Å². The molecule has 0 aliphatic heterocycles. The maximum absolute atomic E-state index is 13.2. The largest absolute Gasteiger partial charge is 0.386 e. The van der Waals surface area contributed by atoms with Crippen LogP contribution in [0.4, 0.5) is 9.18 Å². The van der Waals surface area contributed by atoms with Crippen LogP contribution >= 0.6 is 23.2 Å². The number of amides is 3. The van der Waals surface area contributed by atoms with Crippen LogP contribution in [0.15, 0.2) is 42.6 Å². The summed E-state index contributed by atoms with van der Waals surface area (Å²) >= 11 is 10.9. The minimum absolute atomic E-state index is 0.225. The number of nitrogens with two attached hydrogens (primary N) is 1. The molecule has 3 amide bonds. The number of hydrogen-bond acceptors (Lipinski definition) is 4. The predicted octanol–water partition coefficient (Wildman–Crippen LogP) is 2.21. The lowest BCUT2D eigenvalue weighted by Gasteiger charge is -2.22. The molecule has 0 saturated heterocycles. The summed E-state index contributed by atoms with van der Waals surface area (Å²) in [5.74, 6) is -0.779. The summed E-state index contributed by atoms with van der Waals surface area (Å²) in [5.41, 5.74) is 7.71. The number of hydrogen-bond donors (Lipinski definition) is 4. The van der Waals surface area contributed by atoms with E-state index in [9.17, 15) is 19.1 Å². The molecule has 1 aromatic heterocycles. The van der Waals surface area contributed by atoms with Crippen LogP contribution in [0.3, 0.4) is 0 Å². The molecule has 0 aliphatic carbocycles. The Morgan fingerprint density at radius 3 is 2.29 bits per heavy atom. The smallest absolute Gasteiger partial charge is 0.312 e. The minimum atomic E-state index is -1.35. The van der Waals surface area contributed by atoms with Crippen molar-refractivity contribution in [1.82, 2.24) is 15.6 Å². The molecule has 5 N–H and O–H groups in total. The highest BCUT2D eigenvalue weighted by atomic mass is 35.5. The van der Waals surface area contributed by atoms with Gasteiger partial charge in [0.15, 0.2) is 4.84 Å². The molecule has 0 radical (unpaired) electrons. The number of urea groups is 1. The first-order valence-electron chi connectivity index (χ1n) is 8.23. The fourth-order valence-corrected chi connectivity index (χ4v) is 2.56. The van der Waals surface area contributed by atoms with Crippen molar-refractivity contribution >= 4 is 35.1 Å². The van der Waals surface area contributed by atoms with Crippen molar-refractivity contribution in [2.45, 2.75) is 23.5 Å². The molecule has 2 atom stereocenters. The topological polar surface area (TPSA) is 117 Å². The number of pyridine rings is 1. The molecule has 7 nitrogen and oxygen atoms in total. The third-order valence-corrected chi connectivity index (χ3v) is 4.32. The molecule has 150 valence electrons. The number of nitrogens with zero attached hydrogens (tertiary/aromatic N) is 1. The van der Waals surface area contributed by atoms with Gasteiger partial charge in [0.05, 0.1) is 18.3 Å². The quantitative estimate of drug-likeness (QED) is 0.482. The van der Waals surface area contributed by atoms with Gasteiger partial charge in [-0.1, -0.05) is 53.5 Å². The maximum Gasteiger partial charge on any atom is 0.312 e. The van der Waals surface area contributed by atoms with Crippen LogP contribution in [-0.4, -0.2) is 39.6 Å². The van der Waals surface area contributed by atoms with Crippen molar-refractivity contribution in [3.8, 4) is 11.1 Å². The number of halogens is 3. The van der Waals surface area contributed by atoms with Crippen LogP contribution < -0.4 is 16.4 Å². The number of alkyl halides is 3. The Kier molecular flexibility index (Phi) is 7.98. The third kappa shape index (κ3) is 6.05. The summed E-state index contributed by atoms with van der Waals surface area (Å²) in [5, 5.41) is 15.0. The van der Waals surface area contributed by atoms with Crippen molar-refractivity contribution in [1.29, 1.82) is 0 Å². The summed E-state index contributed by atoms with van der Waals surface area (Å²) < 4.78 is 13.2. The van der Waals surface area contributed by atoms with Crippen LogP contribution in [0, 0.1) is 0 Å². The molecule has 28 heavy (non-hydrogen) atoms. The van der Waals surface area contributed by atoms with E-state index < -0.39 is 35.6 Å². The number of carbonyl (C=O) groups excluding carboxylic acids is 2. The molecular formula is C18H19Cl2FN4O3. The standard InChI is InChI=1S/C18H19Cl2FN4O3/c19-16(20)17(27)25-14(7-21)15(26)11-3-1-10(2-4-11)12-5-6-13(23-8-12)9-24-18(22)28/h1-6,8,14-16,26H,7,9H2,(H,25,27)(H3,22,24,28)/t14-,15-/m1/s1. The Bertz CT molecular complexity index is 803. The summed E-state index contributed by atoms with van der Waals surface area (Å²) in [7, 11) is 0. The van der Waals surface area contributed by atoms with E-state index in [0.29, 0.717) is 11.3 Å². The van der Waals surface area contributed by atoms with Crippen LogP contribution in [0.1, 0.15) is 17.4 Å². The van der Waals surface area contributed by atoms with Gasteiger partial charge in [0.2, 0.25) is 0 Å². The van der Waals surface area contributed by atoms with Gasteiger partial charge in [-0.05, 0) is 17.2 Å². The molecular weight excluding hydrogens is 410 g/mol. The molecule has 0 saturated carbocycles. The molecule has 0 unspecified atom stereocenters. The number of nitrogens with one attached hydrogen (secondary N) is 2. The number of rotatable bonds is 8. The Hall–Kier alpha value is -2.42. The fraction of sp³-hybridized carbons (Fsp3) is 0.278. The molecule has 1 aromatic carbocycles. The molecule has 10 heteroatoms. The zero-order valence-corrected chi connectivity index (χ0v) is 16.1. The highest BCUT2D eigenvalue weighted by molar-refractivity contribution is 6.53. The van der Waals surface area contributed by atoms with Crippen molar-refractivity contribution in [2.24, 2.45) is 5.73 Å². The van der Waals surface area contributed by atoms with Gasteiger partial charge in [-0.3, -0.25) is 9.78 Å². The Morgan fingerprint density at radius 1 is 1.14 bits per heavy atom. The molecule has 0 spiro atoms. The van der Waals surface area contributed by atoms with Gasteiger partial charge in [0.1, 0.15) is 12.8 Å². The van der Waals surface area contributed by atoms with Crippen LogP contribution in [0.25, 0.3) is 11.1 Å². The van der Waals surface area contributed by atoms with E-state index in [1.807, 2.05) is 6.07 Å². The van der Waals surface area contributed by atoms with Crippen LogP contribution in [0.2, 0.25) is 0 Å². The van der Waals surface area contributed by atoms with E-state index in [1.165, 1.54) is 0 Å². The highest BCUT2D eigenvalue weighted by Crippen LogP contribution is 2.24. The Balaban J connectivity index is 2.07. The Labute approximate surface area is 171 Å². The number of carbonyl (C=O) groups is 2. The molecule has 2 rings (SSSR count). The van der Waals surface area contributed by atoms with Gasteiger partial charge in [-0.25, -0.2) is 9.18 Å². The normalized spacial score (nSPS) is 13.0. The first-order valence-corrected chi connectivity index (χ1v) is 9.10. The molecule has 0 bridgehead atoms. The van der Waals surface area contributed by atoms with E-state index in [0.717, 1.165) is 11.1 Å². The second-order valence-corrected chi connectivity index (χ2v) is 6.99. The minimum Gasteiger partial charge on any atom is -0.386 e. The molecule has 2 aromatic rings. The van der Waals surface area contributed by atoms with E-state index in [2.05, 4.69) is 15.6 Å². The summed E-state index contributed by atoms with van der Waals surface area (Å²) in [6.45, 7) is -0.761. The fourth-order valence-electron chi connectivity index (χ4n) is 2.43. The summed E-state index contributed by atoms with van der Waals surface area (Å²) in [6.07, 6.45) is 0.366. The number of aromatic nitrogens is 1. The second kappa shape index (κ2) is 10.2. The monoisotopic (exact) mass is 428 g/mol. The predicted molar refractivity (Wildman–Crippen MR) is 104 cm³/mol. The Morgan fingerprint density at radius 2 is 1.79 bits per heavy atom. The zero-order chi connectivity index (χ0) is 20.7. The van der Waals surface area contributed by atoms with Crippen molar-refractivity contribution in [3.63, 3.8) is 0 Å². The van der Waals surface area contributed by atoms with E-state index in [1.54, 1.807) is 36.5 Å². The van der Waals surface area contributed by atoms with Crippen molar-refractivity contribution < 1.29 is 19.1 Å². The maximum atomic E-state index is 13.2. The van der Waals surface area contributed by atoms with Gasteiger partial charge in [-0.2, -0.15) is 0 Å². The average molecular weight is 429 g/mol. The lowest BCUT2D eigenvalue weighted by Crippen LogP contribution is -2.43. The SMILES string of the molecule is NC(=O)NCc1ccc(-c2ccc([C@@H](O)[C@@H](CF)NC(=O)C(Cl)Cl)cc2)cn1. The van der Waals surface area contributed by atoms with Gasteiger partial charge < -0.3 is 21.5 Å². The van der Waals surface area contributed by atoms with E-state index in [4.69, 9.17) is 28.9 Å². The van der Waals surface area contributed by atoms with Crippen molar-refractivity contribution in [3.05, 3.63) is 53.9 Å². The third-order valence-electron chi connectivity index (χ3n) is 3.93. The number of aliphatic hydroxyl groups is 1. The van der Waals surface area contributed by atoms with Crippen LogP contribution in [-0.2, 0) is 11.3 Å².